The number of piperidine rings is 3. The van der Waals surface area contributed by atoms with Crippen LogP contribution in [0.1, 0.15) is 23.3 Å². The molecule has 3 aliphatic heterocycles. The highest BCUT2D eigenvalue weighted by atomic mass is 79.9. The van der Waals surface area contributed by atoms with Gasteiger partial charge in [0.1, 0.15) is 5.69 Å². The van der Waals surface area contributed by atoms with Crippen LogP contribution in [0.2, 0.25) is 0 Å². The molecule has 21 heavy (non-hydrogen) atoms. The molecule has 0 aliphatic carbocycles. The highest BCUT2D eigenvalue weighted by Gasteiger charge is 2.35. The van der Waals surface area contributed by atoms with Gasteiger partial charge in [-0.3, -0.25) is 4.79 Å². The summed E-state index contributed by atoms with van der Waals surface area (Å²) < 4.78 is 1.99. The molecule has 3 aliphatic rings. The number of hydrogen-bond acceptors (Lipinski definition) is 4. The lowest BCUT2D eigenvalue weighted by molar-refractivity contribution is 0.0619. The van der Waals surface area contributed by atoms with Crippen LogP contribution in [0.4, 0.5) is 0 Å². The fourth-order valence-electron chi connectivity index (χ4n) is 3.46. The number of pyridine rings is 1. The number of hydrogen-bond donors (Lipinski definition) is 1. The van der Waals surface area contributed by atoms with Crippen molar-refractivity contribution in [3.8, 4) is 0 Å². The van der Waals surface area contributed by atoms with Crippen LogP contribution in [0, 0.1) is 5.92 Å². The van der Waals surface area contributed by atoms with Gasteiger partial charge in [-0.15, -0.1) is 11.3 Å². The minimum atomic E-state index is -0.0336. The Balaban J connectivity index is 1.59. The van der Waals surface area contributed by atoms with Crippen LogP contribution in [0.15, 0.2) is 22.1 Å². The summed E-state index contributed by atoms with van der Waals surface area (Å²) in [5, 5.41) is 6.29. The van der Waals surface area contributed by atoms with Crippen molar-refractivity contribution in [1.29, 1.82) is 0 Å². The minimum absolute atomic E-state index is 0.0336. The van der Waals surface area contributed by atoms with Crippen molar-refractivity contribution in [3.63, 3.8) is 0 Å². The van der Waals surface area contributed by atoms with E-state index < -0.39 is 0 Å². The van der Waals surface area contributed by atoms with Crippen molar-refractivity contribution in [1.82, 2.24) is 15.2 Å². The molecule has 0 spiro atoms. The first-order valence-electron chi connectivity index (χ1n) is 7.27. The van der Waals surface area contributed by atoms with E-state index in [1.165, 1.54) is 25.9 Å². The molecule has 2 aromatic rings. The van der Waals surface area contributed by atoms with Gasteiger partial charge in [0, 0.05) is 34.0 Å². The average Bonchev–Trinajstić information content (AvgIpc) is 2.90. The second kappa shape index (κ2) is 5.34. The Morgan fingerprint density at radius 3 is 2.95 bits per heavy atom. The molecule has 3 fully saturated rings. The molecule has 3 saturated heterocycles. The second-order valence-electron chi connectivity index (χ2n) is 5.84. The van der Waals surface area contributed by atoms with E-state index in [9.17, 15) is 4.79 Å². The summed E-state index contributed by atoms with van der Waals surface area (Å²) in [4.78, 5) is 19.4. The van der Waals surface area contributed by atoms with Crippen LogP contribution in [0.3, 0.4) is 0 Å². The zero-order chi connectivity index (χ0) is 14.4. The molecule has 5 rings (SSSR count). The first kappa shape index (κ1) is 13.7. The van der Waals surface area contributed by atoms with E-state index in [0.29, 0.717) is 11.6 Å². The van der Waals surface area contributed by atoms with Gasteiger partial charge in [-0.2, -0.15) is 0 Å². The SMILES string of the molecule is O=C(N[C@H]1CN2CCC1CC2)c1nccc2c(Br)csc12. The van der Waals surface area contributed by atoms with Crippen LogP contribution >= 0.6 is 27.3 Å². The Bertz CT molecular complexity index is 693. The van der Waals surface area contributed by atoms with Crippen molar-refractivity contribution in [2.45, 2.75) is 18.9 Å². The van der Waals surface area contributed by atoms with Crippen LogP contribution in [-0.4, -0.2) is 41.5 Å². The van der Waals surface area contributed by atoms with Crippen molar-refractivity contribution >= 4 is 43.3 Å². The number of nitrogens with zero attached hydrogens (tertiary/aromatic N) is 2. The molecule has 0 unspecified atom stereocenters. The van der Waals surface area contributed by atoms with E-state index in [0.717, 1.165) is 21.1 Å². The monoisotopic (exact) mass is 365 g/mol. The van der Waals surface area contributed by atoms with E-state index in [1.807, 2.05) is 11.4 Å². The summed E-state index contributed by atoms with van der Waals surface area (Å²) in [6.07, 6.45) is 4.12. The lowest BCUT2D eigenvalue weighted by Gasteiger charge is -2.44. The number of nitrogens with one attached hydrogen (secondary N) is 1. The van der Waals surface area contributed by atoms with Crippen molar-refractivity contribution in [2.24, 2.45) is 5.92 Å². The predicted molar refractivity (Wildman–Crippen MR) is 87.7 cm³/mol. The van der Waals surface area contributed by atoms with Crippen LogP contribution in [0.25, 0.3) is 10.1 Å². The number of halogens is 1. The highest BCUT2D eigenvalue weighted by molar-refractivity contribution is 9.10. The molecule has 1 amide bonds. The first-order chi connectivity index (χ1) is 10.2. The van der Waals surface area contributed by atoms with E-state index in [1.54, 1.807) is 17.5 Å². The Labute approximate surface area is 135 Å². The van der Waals surface area contributed by atoms with Gasteiger partial charge in [-0.05, 0) is 53.8 Å². The molecule has 1 atom stereocenters. The van der Waals surface area contributed by atoms with Gasteiger partial charge >= 0.3 is 0 Å². The third kappa shape index (κ3) is 2.39. The molecule has 4 nitrogen and oxygen atoms in total. The van der Waals surface area contributed by atoms with Crippen LogP contribution < -0.4 is 5.32 Å². The molecular weight excluding hydrogens is 350 g/mol. The molecule has 0 saturated carbocycles. The molecule has 6 heteroatoms. The van der Waals surface area contributed by atoms with Gasteiger partial charge in [-0.25, -0.2) is 4.98 Å². The molecule has 0 radical (unpaired) electrons. The Morgan fingerprint density at radius 2 is 2.24 bits per heavy atom. The normalized spacial score (nSPS) is 28.0. The molecule has 2 bridgehead atoms. The second-order valence-corrected chi connectivity index (χ2v) is 7.57. The standard InChI is InChI=1S/C15H16BrN3OS/c16-11-8-21-14-10(11)1-4-17-13(14)15(20)18-12-7-19-5-2-9(12)3-6-19/h1,4,8-9,12H,2-3,5-7H2,(H,18,20)/t12-/m0/s1. The summed E-state index contributed by atoms with van der Waals surface area (Å²) in [5.74, 6) is 0.599. The van der Waals surface area contributed by atoms with E-state index in [-0.39, 0.29) is 11.9 Å². The van der Waals surface area contributed by atoms with Crippen molar-refractivity contribution in [3.05, 3.63) is 27.8 Å². The lowest BCUT2D eigenvalue weighted by Crippen LogP contribution is -2.57. The minimum Gasteiger partial charge on any atom is -0.346 e. The van der Waals surface area contributed by atoms with Gasteiger partial charge in [0.05, 0.1) is 4.70 Å². The summed E-state index contributed by atoms with van der Waals surface area (Å²) in [6, 6.07) is 2.22. The van der Waals surface area contributed by atoms with E-state index in [2.05, 4.69) is 31.1 Å². The fraction of sp³-hybridized carbons (Fsp3) is 0.467. The Kier molecular flexibility index (Phi) is 3.47. The zero-order valence-corrected chi connectivity index (χ0v) is 13.9. The Morgan fingerprint density at radius 1 is 1.43 bits per heavy atom. The van der Waals surface area contributed by atoms with Gasteiger partial charge in [0.2, 0.25) is 0 Å². The largest absolute Gasteiger partial charge is 0.346 e. The van der Waals surface area contributed by atoms with Crippen LogP contribution in [0.5, 0.6) is 0 Å². The van der Waals surface area contributed by atoms with Gasteiger partial charge in [-0.1, -0.05) is 0 Å². The average molecular weight is 366 g/mol. The number of thiophene rings is 1. The maximum absolute atomic E-state index is 12.6. The molecule has 110 valence electrons. The zero-order valence-electron chi connectivity index (χ0n) is 11.5. The maximum atomic E-state index is 12.6. The number of amides is 1. The highest BCUT2D eigenvalue weighted by Crippen LogP contribution is 2.32. The topological polar surface area (TPSA) is 45.2 Å². The number of rotatable bonds is 2. The fourth-order valence-corrected chi connectivity index (χ4v) is 5.11. The Hall–Kier alpha value is -0.980. The summed E-state index contributed by atoms with van der Waals surface area (Å²) in [7, 11) is 0. The molecule has 1 N–H and O–H groups in total. The third-order valence-electron chi connectivity index (χ3n) is 4.63. The number of aromatic nitrogens is 1. The summed E-state index contributed by atoms with van der Waals surface area (Å²) >= 11 is 5.09. The molecule has 2 aromatic heterocycles. The number of carbonyl (C=O) groups excluding carboxylic acids is 1. The molecule has 0 aromatic carbocycles. The number of carbonyl (C=O) groups is 1. The first-order valence-corrected chi connectivity index (χ1v) is 8.94. The van der Waals surface area contributed by atoms with Gasteiger partial charge in [0.15, 0.2) is 0 Å². The smallest absolute Gasteiger partial charge is 0.271 e. The lowest BCUT2D eigenvalue weighted by atomic mass is 9.84. The molecular formula is C15H16BrN3OS. The van der Waals surface area contributed by atoms with Crippen LogP contribution in [-0.2, 0) is 0 Å². The summed E-state index contributed by atoms with van der Waals surface area (Å²) in [6.45, 7) is 3.35. The summed E-state index contributed by atoms with van der Waals surface area (Å²) in [5.41, 5.74) is 0.555. The maximum Gasteiger partial charge on any atom is 0.271 e. The van der Waals surface area contributed by atoms with E-state index in [4.69, 9.17) is 0 Å². The van der Waals surface area contributed by atoms with Gasteiger partial charge in [0.25, 0.3) is 5.91 Å². The number of fused-ring (bicyclic) bond motifs is 4. The van der Waals surface area contributed by atoms with Crippen molar-refractivity contribution in [2.75, 3.05) is 19.6 Å². The quantitative estimate of drug-likeness (QED) is 0.889. The third-order valence-corrected chi connectivity index (χ3v) is 6.59. The van der Waals surface area contributed by atoms with Crippen molar-refractivity contribution < 1.29 is 4.79 Å². The van der Waals surface area contributed by atoms with Gasteiger partial charge < -0.3 is 10.2 Å². The predicted octanol–water partition coefficient (Wildman–Crippen LogP) is 2.88. The van der Waals surface area contributed by atoms with E-state index >= 15 is 0 Å². The molecule has 5 heterocycles.